The van der Waals surface area contributed by atoms with Crippen molar-refractivity contribution in [3.8, 4) is 0 Å². The van der Waals surface area contributed by atoms with Crippen molar-refractivity contribution in [2.24, 2.45) is 0 Å². The Morgan fingerprint density at radius 3 is 3.21 bits per heavy atom. The lowest BCUT2D eigenvalue weighted by Gasteiger charge is -2.26. The highest BCUT2D eigenvalue weighted by atomic mass is 35.5. The van der Waals surface area contributed by atoms with E-state index in [9.17, 15) is 0 Å². The third-order valence-electron chi connectivity index (χ3n) is 3.27. The van der Waals surface area contributed by atoms with E-state index in [-0.39, 0.29) is 0 Å². The molecule has 1 unspecified atom stereocenters. The molecule has 1 aromatic carbocycles. The molecule has 0 bridgehead atoms. The van der Waals surface area contributed by atoms with E-state index < -0.39 is 0 Å². The molecule has 1 atom stereocenters. The zero-order chi connectivity index (χ0) is 13.1. The van der Waals surface area contributed by atoms with Gasteiger partial charge in [-0.15, -0.1) is 23.1 Å². The standard InChI is InChI=1S/C14H15ClN2S2/c15-10-1-2-14-12(7-10)13(4-6-19-14)16-5-3-11-8-18-9-17-11/h1-2,7-9,13,16H,3-6H2. The molecule has 1 aliphatic rings. The van der Waals surface area contributed by atoms with Crippen LogP contribution >= 0.6 is 34.7 Å². The molecule has 1 N–H and O–H groups in total. The monoisotopic (exact) mass is 310 g/mol. The van der Waals surface area contributed by atoms with E-state index in [0.29, 0.717) is 6.04 Å². The van der Waals surface area contributed by atoms with Gasteiger partial charge in [0.1, 0.15) is 0 Å². The highest BCUT2D eigenvalue weighted by Crippen LogP contribution is 2.37. The molecule has 3 rings (SSSR count). The van der Waals surface area contributed by atoms with Crippen LogP contribution in [0.3, 0.4) is 0 Å². The number of thioether (sulfide) groups is 1. The van der Waals surface area contributed by atoms with Crippen LogP contribution in [0.1, 0.15) is 23.7 Å². The van der Waals surface area contributed by atoms with Gasteiger partial charge in [-0.25, -0.2) is 4.98 Å². The summed E-state index contributed by atoms with van der Waals surface area (Å²) in [5, 5.41) is 6.58. The summed E-state index contributed by atoms with van der Waals surface area (Å²) in [6, 6.07) is 6.64. The van der Waals surface area contributed by atoms with Gasteiger partial charge in [0.15, 0.2) is 0 Å². The van der Waals surface area contributed by atoms with Gasteiger partial charge >= 0.3 is 0 Å². The largest absolute Gasteiger partial charge is 0.309 e. The maximum Gasteiger partial charge on any atom is 0.0794 e. The quantitative estimate of drug-likeness (QED) is 0.917. The zero-order valence-electron chi connectivity index (χ0n) is 10.4. The zero-order valence-corrected chi connectivity index (χ0v) is 12.8. The van der Waals surface area contributed by atoms with E-state index >= 15 is 0 Å². The third kappa shape index (κ3) is 3.31. The average molecular weight is 311 g/mol. The normalized spacial score (nSPS) is 18.3. The Labute approximate surface area is 126 Å². The van der Waals surface area contributed by atoms with Gasteiger partial charge in [-0.1, -0.05) is 11.6 Å². The number of nitrogens with one attached hydrogen (secondary N) is 1. The number of hydrogen-bond acceptors (Lipinski definition) is 4. The molecule has 5 heteroatoms. The third-order valence-corrected chi connectivity index (χ3v) is 5.26. The Morgan fingerprint density at radius 1 is 1.42 bits per heavy atom. The Balaban J connectivity index is 1.64. The van der Waals surface area contributed by atoms with Crippen LogP contribution in [-0.2, 0) is 6.42 Å². The first kappa shape index (κ1) is 13.4. The number of fused-ring (bicyclic) bond motifs is 1. The van der Waals surface area contributed by atoms with Crippen molar-refractivity contribution in [3.05, 3.63) is 45.4 Å². The highest BCUT2D eigenvalue weighted by Gasteiger charge is 2.20. The molecule has 1 aliphatic heterocycles. The van der Waals surface area contributed by atoms with Gasteiger partial charge in [0.2, 0.25) is 0 Å². The van der Waals surface area contributed by atoms with Crippen molar-refractivity contribution >= 4 is 34.7 Å². The van der Waals surface area contributed by atoms with Crippen LogP contribution in [0.5, 0.6) is 0 Å². The van der Waals surface area contributed by atoms with Gasteiger partial charge in [-0.2, -0.15) is 0 Å². The second-order valence-electron chi connectivity index (χ2n) is 4.56. The molecule has 0 fully saturated rings. The van der Waals surface area contributed by atoms with Gasteiger partial charge in [0, 0.05) is 34.3 Å². The van der Waals surface area contributed by atoms with Crippen LogP contribution in [0, 0.1) is 0 Å². The summed E-state index contributed by atoms with van der Waals surface area (Å²) in [4.78, 5) is 5.67. The van der Waals surface area contributed by atoms with Crippen molar-refractivity contribution in [2.45, 2.75) is 23.8 Å². The van der Waals surface area contributed by atoms with Crippen molar-refractivity contribution in [1.82, 2.24) is 10.3 Å². The molecule has 2 nitrogen and oxygen atoms in total. The number of nitrogens with zero attached hydrogens (tertiary/aromatic N) is 1. The fourth-order valence-electron chi connectivity index (χ4n) is 2.31. The van der Waals surface area contributed by atoms with E-state index in [1.807, 2.05) is 23.3 Å². The fraction of sp³-hybridized carbons (Fsp3) is 0.357. The predicted molar refractivity (Wildman–Crippen MR) is 83.4 cm³/mol. The summed E-state index contributed by atoms with van der Waals surface area (Å²) in [7, 11) is 0. The average Bonchev–Trinajstić information content (AvgIpc) is 2.92. The van der Waals surface area contributed by atoms with E-state index in [1.165, 1.54) is 21.9 Å². The minimum Gasteiger partial charge on any atom is -0.309 e. The second-order valence-corrected chi connectivity index (χ2v) is 6.85. The van der Waals surface area contributed by atoms with Gasteiger partial charge in [-0.3, -0.25) is 0 Å². The molecule has 0 spiro atoms. The van der Waals surface area contributed by atoms with Gasteiger partial charge in [-0.05, 0) is 35.9 Å². The Morgan fingerprint density at radius 2 is 2.37 bits per heavy atom. The molecule has 0 amide bonds. The molecule has 100 valence electrons. The lowest BCUT2D eigenvalue weighted by atomic mass is 10.0. The Kier molecular flexibility index (Phi) is 4.43. The van der Waals surface area contributed by atoms with Crippen LogP contribution in [0.2, 0.25) is 5.02 Å². The molecule has 2 aromatic rings. The number of benzene rings is 1. The number of rotatable bonds is 4. The topological polar surface area (TPSA) is 24.9 Å². The first-order valence-electron chi connectivity index (χ1n) is 6.35. The summed E-state index contributed by atoms with van der Waals surface area (Å²) in [5.41, 5.74) is 4.41. The van der Waals surface area contributed by atoms with E-state index in [4.69, 9.17) is 11.6 Å². The number of thiazole rings is 1. The molecular formula is C14H15ClN2S2. The molecule has 0 aliphatic carbocycles. The van der Waals surface area contributed by atoms with Crippen molar-refractivity contribution < 1.29 is 0 Å². The minimum atomic E-state index is 0.425. The van der Waals surface area contributed by atoms with Crippen LogP contribution in [0.4, 0.5) is 0 Å². The molecule has 19 heavy (non-hydrogen) atoms. The molecule has 0 radical (unpaired) electrons. The lowest BCUT2D eigenvalue weighted by molar-refractivity contribution is 0.512. The SMILES string of the molecule is Clc1ccc2c(c1)C(NCCc1cscn1)CCS2. The molecule has 2 heterocycles. The summed E-state index contributed by atoms with van der Waals surface area (Å²) < 4.78 is 0. The number of halogens is 1. The Bertz CT molecular complexity index is 542. The van der Waals surface area contributed by atoms with Crippen molar-refractivity contribution in [1.29, 1.82) is 0 Å². The molecule has 1 aromatic heterocycles. The van der Waals surface area contributed by atoms with Gasteiger partial charge < -0.3 is 5.32 Å². The van der Waals surface area contributed by atoms with Crippen LogP contribution in [0.25, 0.3) is 0 Å². The second kappa shape index (κ2) is 6.27. The van der Waals surface area contributed by atoms with Crippen LogP contribution in [0.15, 0.2) is 34.0 Å². The van der Waals surface area contributed by atoms with E-state index in [2.05, 4.69) is 27.8 Å². The number of aromatic nitrogens is 1. The maximum atomic E-state index is 6.11. The smallest absolute Gasteiger partial charge is 0.0794 e. The van der Waals surface area contributed by atoms with Crippen molar-refractivity contribution in [2.75, 3.05) is 12.3 Å². The van der Waals surface area contributed by atoms with Gasteiger partial charge in [0.05, 0.1) is 11.2 Å². The first-order valence-corrected chi connectivity index (χ1v) is 8.66. The van der Waals surface area contributed by atoms with Crippen LogP contribution < -0.4 is 5.32 Å². The Hall–Kier alpha value is -0.550. The number of hydrogen-bond donors (Lipinski definition) is 1. The van der Waals surface area contributed by atoms with E-state index in [0.717, 1.165) is 24.4 Å². The van der Waals surface area contributed by atoms with Crippen LogP contribution in [-0.4, -0.2) is 17.3 Å². The summed E-state index contributed by atoms with van der Waals surface area (Å²) in [6.07, 6.45) is 2.15. The summed E-state index contributed by atoms with van der Waals surface area (Å²) in [6.45, 7) is 0.963. The van der Waals surface area contributed by atoms with E-state index in [1.54, 1.807) is 11.3 Å². The summed E-state index contributed by atoms with van der Waals surface area (Å²) >= 11 is 9.69. The lowest BCUT2D eigenvalue weighted by Crippen LogP contribution is -2.26. The fourth-order valence-corrected chi connectivity index (χ4v) is 4.19. The minimum absolute atomic E-state index is 0.425. The molecule has 0 saturated heterocycles. The highest BCUT2D eigenvalue weighted by molar-refractivity contribution is 7.99. The summed E-state index contributed by atoms with van der Waals surface area (Å²) in [5.74, 6) is 1.17. The predicted octanol–water partition coefficient (Wildman–Crippen LogP) is 4.17. The molecular weight excluding hydrogens is 296 g/mol. The van der Waals surface area contributed by atoms with Gasteiger partial charge in [0.25, 0.3) is 0 Å². The van der Waals surface area contributed by atoms with Crippen molar-refractivity contribution in [3.63, 3.8) is 0 Å². The first-order chi connectivity index (χ1) is 9.33. The molecule has 0 saturated carbocycles. The maximum absolute atomic E-state index is 6.11.